The van der Waals surface area contributed by atoms with Crippen LogP contribution in [0.5, 0.6) is 0 Å². The molecule has 0 saturated heterocycles. The van der Waals surface area contributed by atoms with Gasteiger partial charge in [-0.15, -0.1) is 23.2 Å². The highest BCUT2D eigenvalue weighted by atomic mass is 35.5. The van der Waals surface area contributed by atoms with Gasteiger partial charge in [0.15, 0.2) is 5.78 Å². The van der Waals surface area contributed by atoms with E-state index in [1.165, 1.54) is 0 Å². The Morgan fingerprint density at radius 1 is 1.31 bits per heavy atom. The van der Waals surface area contributed by atoms with Crippen LogP contribution < -0.4 is 0 Å². The molecule has 0 N–H and O–H groups in total. The average molecular weight is 261 g/mol. The third kappa shape index (κ3) is 3.78. The molecule has 0 amide bonds. The summed E-state index contributed by atoms with van der Waals surface area (Å²) in [4.78, 5) is 11.9. The Morgan fingerprint density at radius 2 is 1.94 bits per heavy atom. The van der Waals surface area contributed by atoms with Gasteiger partial charge in [-0.1, -0.05) is 30.3 Å². The summed E-state index contributed by atoms with van der Waals surface area (Å²) in [6, 6.07) is 8.88. The number of ketones is 1. The van der Waals surface area contributed by atoms with Crippen molar-refractivity contribution >= 4 is 29.0 Å². The Hall–Kier alpha value is -0.570. The summed E-state index contributed by atoms with van der Waals surface area (Å²) in [6.07, 6.45) is 0. The fraction of sp³-hybridized carbons (Fsp3) is 0.417. The molecular weight excluding hydrogens is 247 g/mol. The van der Waals surface area contributed by atoms with Crippen LogP contribution in [0.3, 0.4) is 0 Å². The van der Waals surface area contributed by atoms with E-state index < -0.39 is 10.8 Å². The molecule has 1 aromatic rings. The number of hydrogen-bond donors (Lipinski definition) is 0. The fourth-order valence-corrected chi connectivity index (χ4v) is 1.64. The van der Waals surface area contributed by atoms with Crippen molar-refractivity contribution in [3.8, 4) is 0 Å². The van der Waals surface area contributed by atoms with Gasteiger partial charge in [-0.3, -0.25) is 4.79 Å². The van der Waals surface area contributed by atoms with Crippen LogP contribution in [0.25, 0.3) is 0 Å². The van der Waals surface area contributed by atoms with Crippen molar-refractivity contribution in [2.24, 2.45) is 0 Å². The highest BCUT2D eigenvalue weighted by Crippen LogP contribution is 2.16. The number of hydrogen-bond acceptors (Lipinski definition) is 2. The van der Waals surface area contributed by atoms with Crippen molar-refractivity contribution in [2.75, 3.05) is 13.2 Å². The van der Waals surface area contributed by atoms with Crippen LogP contribution in [-0.4, -0.2) is 29.8 Å². The molecule has 0 saturated carbocycles. The fourth-order valence-electron chi connectivity index (χ4n) is 1.24. The molecule has 0 spiro atoms. The minimum absolute atomic E-state index is 0.165. The van der Waals surface area contributed by atoms with Crippen LogP contribution in [0.1, 0.15) is 17.3 Å². The summed E-state index contributed by atoms with van der Waals surface area (Å²) in [6.45, 7) is 2.71. The highest BCUT2D eigenvalue weighted by molar-refractivity contribution is 6.39. The maximum absolute atomic E-state index is 11.9. The molecule has 16 heavy (non-hydrogen) atoms. The van der Waals surface area contributed by atoms with E-state index in [4.69, 9.17) is 27.9 Å². The van der Waals surface area contributed by atoms with Crippen LogP contribution in [0.4, 0.5) is 0 Å². The number of ether oxygens (including phenoxy) is 1. The monoisotopic (exact) mass is 260 g/mol. The molecule has 4 heteroatoms. The maximum atomic E-state index is 11.9. The van der Waals surface area contributed by atoms with Crippen molar-refractivity contribution in [3.63, 3.8) is 0 Å². The molecular formula is C12H14Cl2O2. The molecule has 2 nitrogen and oxygen atoms in total. The second kappa shape index (κ2) is 6.89. The first-order valence-electron chi connectivity index (χ1n) is 5.12. The molecule has 0 heterocycles. The molecule has 0 bridgehead atoms. The summed E-state index contributed by atoms with van der Waals surface area (Å²) in [7, 11) is 0. The molecule has 0 aromatic heterocycles. The van der Waals surface area contributed by atoms with E-state index >= 15 is 0 Å². The lowest BCUT2D eigenvalue weighted by Crippen LogP contribution is -2.29. The predicted octanol–water partition coefficient (Wildman–Crippen LogP) is 3.12. The third-order valence-corrected chi connectivity index (χ3v) is 3.12. The van der Waals surface area contributed by atoms with Gasteiger partial charge < -0.3 is 4.74 Å². The number of carbonyl (C=O) groups is 1. The zero-order chi connectivity index (χ0) is 12.0. The first kappa shape index (κ1) is 13.5. The second-order valence-corrected chi connectivity index (χ2v) is 4.34. The smallest absolute Gasteiger partial charge is 0.182 e. The van der Waals surface area contributed by atoms with E-state index in [9.17, 15) is 4.79 Å². The first-order chi connectivity index (χ1) is 7.66. The number of alkyl halides is 2. The normalized spacial score (nSPS) is 14.4. The summed E-state index contributed by atoms with van der Waals surface area (Å²) in [5.74, 6) is -0.165. The summed E-state index contributed by atoms with van der Waals surface area (Å²) >= 11 is 12.0. The Morgan fingerprint density at radius 3 is 2.50 bits per heavy atom. The maximum Gasteiger partial charge on any atom is 0.182 e. The van der Waals surface area contributed by atoms with Crippen LogP contribution in [0, 0.1) is 0 Å². The highest BCUT2D eigenvalue weighted by Gasteiger charge is 2.25. The van der Waals surface area contributed by atoms with Gasteiger partial charge in [0, 0.05) is 12.2 Å². The predicted molar refractivity (Wildman–Crippen MR) is 66.5 cm³/mol. The quantitative estimate of drug-likeness (QED) is 0.581. The van der Waals surface area contributed by atoms with E-state index in [0.29, 0.717) is 12.2 Å². The number of rotatable bonds is 6. The molecule has 0 aliphatic rings. The topological polar surface area (TPSA) is 26.3 Å². The van der Waals surface area contributed by atoms with Crippen molar-refractivity contribution < 1.29 is 9.53 Å². The van der Waals surface area contributed by atoms with Gasteiger partial charge in [0.25, 0.3) is 0 Å². The minimum Gasteiger partial charge on any atom is -0.380 e. The molecule has 0 fully saturated rings. The molecule has 1 aromatic carbocycles. The van der Waals surface area contributed by atoms with Crippen LogP contribution in [0.15, 0.2) is 30.3 Å². The zero-order valence-corrected chi connectivity index (χ0v) is 10.5. The zero-order valence-electron chi connectivity index (χ0n) is 9.03. The second-order valence-electron chi connectivity index (χ2n) is 3.31. The van der Waals surface area contributed by atoms with E-state index in [-0.39, 0.29) is 12.4 Å². The van der Waals surface area contributed by atoms with E-state index in [1.54, 1.807) is 24.3 Å². The van der Waals surface area contributed by atoms with E-state index in [2.05, 4.69) is 0 Å². The molecule has 2 unspecified atom stereocenters. The SMILES string of the molecule is CCOCC(Cl)C(Cl)C(=O)c1ccccc1. The van der Waals surface area contributed by atoms with Crippen molar-refractivity contribution in [2.45, 2.75) is 17.7 Å². The summed E-state index contributed by atoms with van der Waals surface area (Å²) < 4.78 is 5.13. The van der Waals surface area contributed by atoms with E-state index in [1.807, 2.05) is 13.0 Å². The van der Waals surface area contributed by atoms with Gasteiger partial charge in [-0.05, 0) is 6.92 Å². The van der Waals surface area contributed by atoms with Gasteiger partial charge in [0.05, 0.1) is 12.0 Å². The van der Waals surface area contributed by atoms with Crippen LogP contribution in [0.2, 0.25) is 0 Å². The molecule has 1 rings (SSSR count). The van der Waals surface area contributed by atoms with Crippen molar-refractivity contribution in [1.82, 2.24) is 0 Å². The van der Waals surface area contributed by atoms with Crippen molar-refractivity contribution in [1.29, 1.82) is 0 Å². The van der Waals surface area contributed by atoms with Gasteiger partial charge in [-0.2, -0.15) is 0 Å². The molecule has 0 aliphatic carbocycles. The Balaban J connectivity index is 2.60. The number of carbonyl (C=O) groups excluding carboxylic acids is 1. The largest absolute Gasteiger partial charge is 0.380 e. The lowest BCUT2D eigenvalue weighted by atomic mass is 10.1. The average Bonchev–Trinajstić information content (AvgIpc) is 2.35. The van der Waals surface area contributed by atoms with Gasteiger partial charge >= 0.3 is 0 Å². The third-order valence-electron chi connectivity index (χ3n) is 2.11. The Bertz CT molecular complexity index is 327. The Labute approximate surface area is 106 Å². The molecule has 2 atom stereocenters. The van der Waals surface area contributed by atoms with Gasteiger partial charge in [-0.25, -0.2) is 0 Å². The Kier molecular flexibility index (Phi) is 5.81. The standard InChI is InChI=1S/C12H14Cl2O2/c1-2-16-8-10(13)11(14)12(15)9-6-4-3-5-7-9/h3-7,10-11H,2,8H2,1H3. The van der Waals surface area contributed by atoms with Crippen molar-refractivity contribution in [3.05, 3.63) is 35.9 Å². The lowest BCUT2D eigenvalue weighted by Gasteiger charge is -2.14. The molecule has 0 radical (unpaired) electrons. The number of Topliss-reactive ketones (excluding diaryl/α,β-unsaturated/α-hetero) is 1. The van der Waals surface area contributed by atoms with Gasteiger partial charge in [0.2, 0.25) is 0 Å². The lowest BCUT2D eigenvalue weighted by molar-refractivity contribution is 0.0957. The summed E-state index contributed by atoms with van der Waals surface area (Å²) in [5.41, 5.74) is 0.574. The minimum atomic E-state index is -0.754. The molecule has 88 valence electrons. The number of benzene rings is 1. The van der Waals surface area contributed by atoms with Gasteiger partial charge in [0.1, 0.15) is 5.38 Å². The first-order valence-corrected chi connectivity index (χ1v) is 5.99. The van der Waals surface area contributed by atoms with E-state index in [0.717, 1.165) is 0 Å². The summed E-state index contributed by atoms with van der Waals surface area (Å²) in [5, 5.41) is -1.26. The van der Waals surface area contributed by atoms with Crippen LogP contribution in [-0.2, 0) is 4.74 Å². The number of halogens is 2. The van der Waals surface area contributed by atoms with Crippen LogP contribution >= 0.6 is 23.2 Å². The molecule has 0 aliphatic heterocycles.